The summed E-state index contributed by atoms with van der Waals surface area (Å²) in [4.78, 5) is 22.5. The Bertz CT molecular complexity index is 577. The summed E-state index contributed by atoms with van der Waals surface area (Å²) in [6, 6.07) is 8.02. The molecule has 0 amide bonds. The highest BCUT2D eigenvalue weighted by Crippen LogP contribution is 2.16. The van der Waals surface area contributed by atoms with E-state index in [1.165, 1.54) is 12.0 Å². The van der Waals surface area contributed by atoms with E-state index in [0.717, 1.165) is 38.0 Å². The van der Waals surface area contributed by atoms with E-state index in [2.05, 4.69) is 12.1 Å². The van der Waals surface area contributed by atoms with Crippen molar-refractivity contribution in [3.05, 3.63) is 29.8 Å². The second kappa shape index (κ2) is 13.3. The molecule has 1 aliphatic heterocycles. The number of hydrogen-bond donors (Lipinski definition) is 0. The molecule has 2 rings (SSSR count). The summed E-state index contributed by atoms with van der Waals surface area (Å²) >= 11 is 0. The smallest absolute Gasteiger partial charge is 0.313 e. The molecule has 6 nitrogen and oxygen atoms in total. The highest BCUT2D eigenvalue weighted by Gasteiger charge is 2.13. The summed E-state index contributed by atoms with van der Waals surface area (Å²) in [5, 5.41) is 0. The molecule has 1 saturated heterocycles. The number of rotatable bonds is 13. The lowest BCUT2D eigenvalue weighted by atomic mass is 10.1. The first-order valence-corrected chi connectivity index (χ1v) is 10.3. The number of Topliss-reactive ketones (excluding diaryl/α,β-unsaturated/α-hetero) is 1. The van der Waals surface area contributed by atoms with Gasteiger partial charge < -0.3 is 18.9 Å². The van der Waals surface area contributed by atoms with E-state index >= 15 is 0 Å². The van der Waals surface area contributed by atoms with Crippen LogP contribution in [0.15, 0.2) is 24.3 Å². The van der Waals surface area contributed by atoms with Gasteiger partial charge in [-0.15, -0.1) is 0 Å². The zero-order valence-electron chi connectivity index (χ0n) is 16.8. The van der Waals surface area contributed by atoms with Crippen LogP contribution < -0.4 is 4.74 Å². The quantitative estimate of drug-likeness (QED) is 0.289. The zero-order chi connectivity index (χ0) is 20.0. The van der Waals surface area contributed by atoms with E-state index in [1.807, 2.05) is 12.1 Å². The van der Waals surface area contributed by atoms with Crippen LogP contribution in [-0.4, -0.2) is 44.5 Å². The standard InChI is InChI=1S/C22H32O6/c1-2-19(23)17-21(24)26-16-6-15-25-20-11-9-18(10-12-20)7-5-14-28-22-8-3-4-13-27-22/h9-12,22H,2-8,13-17H2,1H3. The second-order valence-electron chi connectivity index (χ2n) is 6.91. The lowest BCUT2D eigenvalue weighted by Gasteiger charge is -2.22. The fraction of sp³-hybridized carbons (Fsp3) is 0.636. The number of hydrogen-bond acceptors (Lipinski definition) is 6. The van der Waals surface area contributed by atoms with Gasteiger partial charge in [0.2, 0.25) is 0 Å². The minimum atomic E-state index is -0.463. The first kappa shape index (κ1) is 22.4. The van der Waals surface area contributed by atoms with E-state index in [1.54, 1.807) is 6.92 Å². The fourth-order valence-electron chi connectivity index (χ4n) is 2.86. The zero-order valence-corrected chi connectivity index (χ0v) is 16.8. The summed E-state index contributed by atoms with van der Waals surface area (Å²) in [5.41, 5.74) is 1.25. The van der Waals surface area contributed by atoms with E-state index in [4.69, 9.17) is 18.9 Å². The molecule has 0 bridgehead atoms. The van der Waals surface area contributed by atoms with Gasteiger partial charge in [-0.3, -0.25) is 9.59 Å². The van der Waals surface area contributed by atoms with Crippen molar-refractivity contribution in [3.8, 4) is 5.75 Å². The molecule has 1 unspecified atom stereocenters. The van der Waals surface area contributed by atoms with Crippen molar-refractivity contribution < 1.29 is 28.5 Å². The molecule has 0 saturated carbocycles. The summed E-state index contributed by atoms with van der Waals surface area (Å²) in [6.45, 7) is 3.98. The maximum absolute atomic E-state index is 11.4. The van der Waals surface area contributed by atoms with Crippen LogP contribution >= 0.6 is 0 Å². The summed E-state index contributed by atoms with van der Waals surface area (Å²) < 4.78 is 22.0. The predicted molar refractivity (Wildman–Crippen MR) is 105 cm³/mol. The number of carbonyl (C=O) groups excluding carboxylic acids is 2. The van der Waals surface area contributed by atoms with Gasteiger partial charge in [-0.25, -0.2) is 0 Å². The third-order valence-electron chi connectivity index (χ3n) is 4.53. The van der Waals surface area contributed by atoms with Gasteiger partial charge in [0.1, 0.15) is 18.0 Å². The number of aryl methyl sites for hydroxylation is 1. The molecule has 28 heavy (non-hydrogen) atoms. The van der Waals surface area contributed by atoms with Crippen LogP contribution in [-0.2, 0) is 30.2 Å². The maximum atomic E-state index is 11.4. The third-order valence-corrected chi connectivity index (χ3v) is 4.53. The van der Waals surface area contributed by atoms with E-state index in [9.17, 15) is 9.59 Å². The summed E-state index contributed by atoms with van der Waals surface area (Å²) in [5.74, 6) is 0.230. The van der Waals surface area contributed by atoms with Gasteiger partial charge in [-0.1, -0.05) is 19.1 Å². The molecule has 6 heteroatoms. The monoisotopic (exact) mass is 392 g/mol. The van der Waals surface area contributed by atoms with E-state index in [0.29, 0.717) is 26.1 Å². The molecular weight excluding hydrogens is 360 g/mol. The summed E-state index contributed by atoms with van der Waals surface area (Å²) in [7, 11) is 0. The van der Waals surface area contributed by atoms with E-state index in [-0.39, 0.29) is 25.1 Å². The van der Waals surface area contributed by atoms with Crippen molar-refractivity contribution in [2.24, 2.45) is 0 Å². The molecule has 0 radical (unpaired) electrons. The molecule has 0 aromatic heterocycles. The normalized spacial score (nSPS) is 16.5. The molecule has 1 heterocycles. The molecule has 1 fully saturated rings. The Morgan fingerprint density at radius 3 is 2.61 bits per heavy atom. The lowest BCUT2D eigenvalue weighted by Crippen LogP contribution is -2.22. The van der Waals surface area contributed by atoms with Crippen LogP contribution in [0.25, 0.3) is 0 Å². The van der Waals surface area contributed by atoms with Gasteiger partial charge in [-0.05, 0) is 49.8 Å². The Balaban J connectivity index is 1.52. The van der Waals surface area contributed by atoms with Gasteiger partial charge in [0.15, 0.2) is 6.29 Å². The topological polar surface area (TPSA) is 71.1 Å². The Hall–Kier alpha value is -1.92. The molecule has 1 aromatic carbocycles. The molecule has 1 atom stereocenters. The van der Waals surface area contributed by atoms with Crippen molar-refractivity contribution in [1.29, 1.82) is 0 Å². The number of ether oxygens (including phenoxy) is 4. The van der Waals surface area contributed by atoms with Crippen molar-refractivity contribution >= 4 is 11.8 Å². The van der Waals surface area contributed by atoms with Gasteiger partial charge in [0.25, 0.3) is 0 Å². The second-order valence-corrected chi connectivity index (χ2v) is 6.91. The highest BCUT2D eigenvalue weighted by molar-refractivity contribution is 5.95. The Morgan fingerprint density at radius 2 is 1.89 bits per heavy atom. The van der Waals surface area contributed by atoms with Crippen LogP contribution in [0.5, 0.6) is 5.75 Å². The average molecular weight is 392 g/mol. The van der Waals surface area contributed by atoms with Gasteiger partial charge in [-0.2, -0.15) is 0 Å². The van der Waals surface area contributed by atoms with Crippen molar-refractivity contribution in [2.75, 3.05) is 26.4 Å². The average Bonchev–Trinajstić information content (AvgIpc) is 2.72. The van der Waals surface area contributed by atoms with Crippen LogP contribution in [0, 0.1) is 0 Å². The maximum Gasteiger partial charge on any atom is 0.313 e. The molecular formula is C22H32O6. The largest absolute Gasteiger partial charge is 0.493 e. The highest BCUT2D eigenvalue weighted by atomic mass is 16.7. The first-order valence-electron chi connectivity index (χ1n) is 10.3. The fourth-order valence-corrected chi connectivity index (χ4v) is 2.86. The molecule has 0 aliphatic carbocycles. The Labute approximate surface area is 167 Å². The van der Waals surface area contributed by atoms with Crippen molar-refractivity contribution in [2.45, 2.75) is 64.6 Å². The van der Waals surface area contributed by atoms with Gasteiger partial charge in [0, 0.05) is 19.4 Å². The third kappa shape index (κ3) is 9.33. The minimum Gasteiger partial charge on any atom is -0.493 e. The molecule has 156 valence electrons. The summed E-state index contributed by atoms with van der Waals surface area (Å²) in [6.07, 6.45) is 6.04. The molecule has 0 spiro atoms. The van der Waals surface area contributed by atoms with Crippen molar-refractivity contribution in [3.63, 3.8) is 0 Å². The minimum absolute atomic E-state index is 0.0177. The number of esters is 1. The predicted octanol–water partition coefficient (Wildman–Crippen LogP) is 3.84. The lowest BCUT2D eigenvalue weighted by molar-refractivity contribution is -0.162. The number of ketones is 1. The van der Waals surface area contributed by atoms with Gasteiger partial charge >= 0.3 is 5.97 Å². The molecule has 0 N–H and O–H groups in total. The number of benzene rings is 1. The van der Waals surface area contributed by atoms with E-state index < -0.39 is 5.97 Å². The molecule has 1 aliphatic rings. The van der Waals surface area contributed by atoms with Gasteiger partial charge in [0.05, 0.1) is 19.8 Å². The van der Waals surface area contributed by atoms with Crippen LogP contribution in [0.1, 0.15) is 57.4 Å². The van der Waals surface area contributed by atoms with Crippen LogP contribution in [0.4, 0.5) is 0 Å². The Morgan fingerprint density at radius 1 is 1.07 bits per heavy atom. The first-order chi connectivity index (χ1) is 13.7. The SMILES string of the molecule is CCC(=O)CC(=O)OCCCOc1ccc(CCCOC2CCCCO2)cc1. The molecule has 1 aromatic rings. The van der Waals surface area contributed by atoms with Crippen LogP contribution in [0.3, 0.4) is 0 Å². The van der Waals surface area contributed by atoms with Crippen molar-refractivity contribution in [1.82, 2.24) is 0 Å². The number of carbonyl (C=O) groups is 2. The van der Waals surface area contributed by atoms with Crippen LogP contribution in [0.2, 0.25) is 0 Å². The Kier molecular flexibility index (Phi) is 10.6.